The Kier molecular flexibility index (Phi) is 6.50. The fourth-order valence-electron chi connectivity index (χ4n) is 7.90. The lowest BCUT2D eigenvalue weighted by Gasteiger charge is -2.58. The van der Waals surface area contributed by atoms with Crippen LogP contribution in [-0.2, 0) is 11.3 Å². The van der Waals surface area contributed by atoms with Crippen LogP contribution in [0.2, 0.25) is 0 Å². The summed E-state index contributed by atoms with van der Waals surface area (Å²) in [6, 6.07) is 31.2. The number of pyridine rings is 1. The Morgan fingerprint density at radius 2 is 1.60 bits per heavy atom. The molecule has 0 spiro atoms. The van der Waals surface area contributed by atoms with Crippen molar-refractivity contribution in [1.29, 1.82) is 0 Å². The molecule has 5 aromatic rings. The van der Waals surface area contributed by atoms with Crippen LogP contribution >= 0.6 is 0 Å². The Hall–Kier alpha value is -3.79. The van der Waals surface area contributed by atoms with E-state index in [1.54, 1.807) is 0 Å². The second kappa shape index (κ2) is 10.3. The van der Waals surface area contributed by atoms with Crippen molar-refractivity contribution in [3.8, 4) is 0 Å². The monoisotopic (exact) mass is 525 g/mol. The zero-order valence-electron chi connectivity index (χ0n) is 23.1. The van der Waals surface area contributed by atoms with E-state index >= 15 is 0 Å². The maximum Gasteiger partial charge on any atom is 0.135 e. The van der Waals surface area contributed by atoms with Gasteiger partial charge in [0.25, 0.3) is 0 Å². The Morgan fingerprint density at radius 3 is 2.33 bits per heavy atom. The summed E-state index contributed by atoms with van der Waals surface area (Å²) in [5.41, 5.74) is 3.74. The Balaban J connectivity index is 1.41. The second-order valence-corrected chi connectivity index (χ2v) is 11.8. The molecular weight excluding hydrogens is 488 g/mol. The second-order valence-electron chi connectivity index (χ2n) is 11.8. The minimum absolute atomic E-state index is 0.0410. The van der Waals surface area contributed by atoms with Gasteiger partial charge in [0.1, 0.15) is 18.7 Å². The summed E-state index contributed by atoms with van der Waals surface area (Å²) in [5.74, 6) is 1.18. The standard InChI is InChI=1S/C37H37N2O/c1-3-21-40-37(33-17-19-38-35-16-10-9-15-32(33)35)36-23-27-18-20-39(36,24-26(27)4-2)25-34-30-13-7-5-11-28(30)22-29-12-6-8-14-31(29)34/h3-17,19,22,26-27,36-37H,1-2,18,20-21,23-25H2/q+1/t26-,27?,36+,37-,39?/m0/s1. The van der Waals surface area contributed by atoms with Gasteiger partial charge >= 0.3 is 0 Å². The van der Waals surface area contributed by atoms with Crippen LogP contribution in [0.1, 0.15) is 30.1 Å². The molecule has 3 aliphatic rings. The Bertz CT molecular complexity index is 1670. The summed E-state index contributed by atoms with van der Waals surface area (Å²) >= 11 is 0. The number of piperidine rings is 3. The van der Waals surface area contributed by atoms with Crippen molar-refractivity contribution in [2.45, 2.75) is 31.5 Å². The molecule has 3 aliphatic heterocycles. The number of benzene rings is 4. The summed E-state index contributed by atoms with van der Waals surface area (Å²) in [6.07, 6.45) is 8.41. The molecule has 0 amide bonds. The normalized spacial score (nSPS) is 24.9. The number of nitrogens with zero attached hydrogens (tertiary/aromatic N) is 2. The molecule has 40 heavy (non-hydrogen) atoms. The first-order valence-corrected chi connectivity index (χ1v) is 14.6. The number of quaternary nitrogens is 1. The van der Waals surface area contributed by atoms with Gasteiger partial charge in [0.15, 0.2) is 0 Å². The van der Waals surface area contributed by atoms with Crippen molar-refractivity contribution in [2.24, 2.45) is 11.8 Å². The van der Waals surface area contributed by atoms with Crippen LogP contribution in [0.4, 0.5) is 0 Å². The fourth-order valence-corrected chi connectivity index (χ4v) is 7.90. The van der Waals surface area contributed by atoms with Gasteiger partial charge in [-0.3, -0.25) is 4.98 Å². The highest BCUT2D eigenvalue weighted by Gasteiger charge is 2.54. The molecule has 0 radical (unpaired) electrons. The molecule has 0 saturated carbocycles. The number of aromatic nitrogens is 1. The van der Waals surface area contributed by atoms with Gasteiger partial charge in [0.05, 0.1) is 25.2 Å². The van der Waals surface area contributed by atoms with Crippen molar-refractivity contribution in [3.05, 3.63) is 128 Å². The third kappa shape index (κ3) is 4.16. The van der Waals surface area contributed by atoms with Crippen molar-refractivity contribution in [2.75, 3.05) is 19.7 Å². The van der Waals surface area contributed by atoms with Crippen LogP contribution in [0.15, 0.2) is 116 Å². The van der Waals surface area contributed by atoms with Gasteiger partial charge < -0.3 is 9.22 Å². The van der Waals surface area contributed by atoms with E-state index in [4.69, 9.17) is 4.74 Å². The van der Waals surface area contributed by atoms with Crippen molar-refractivity contribution in [3.63, 3.8) is 0 Å². The van der Waals surface area contributed by atoms with Gasteiger partial charge in [-0.15, -0.1) is 13.2 Å². The highest BCUT2D eigenvalue weighted by atomic mass is 16.5. The van der Waals surface area contributed by atoms with Gasteiger partial charge in [-0.2, -0.15) is 0 Å². The molecule has 1 aromatic heterocycles. The van der Waals surface area contributed by atoms with Crippen LogP contribution < -0.4 is 0 Å². The Morgan fingerprint density at radius 1 is 0.900 bits per heavy atom. The smallest absolute Gasteiger partial charge is 0.135 e. The summed E-state index contributed by atoms with van der Waals surface area (Å²) in [7, 11) is 0. The van der Waals surface area contributed by atoms with Crippen molar-refractivity contribution >= 4 is 32.4 Å². The maximum absolute atomic E-state index is 6.80. The lowest BCUT2D eigenvalue weighted by Crippen LogP contribution is -2.67. The zero-order valence-corrected chi connectivity index (χ0v) is 23.1. The molecule has 3 saturated heterocycles. The lowest BCUT2D eigenvalue weighted by molar-refractivity contribution is -0.984. The third-order valence-corrected chi connectivity index (χ3v) is 9.76. The summed E-state index contributed by atoms with van der Waals surface area (Å²) in [6.45, 7) is 12.1. The highest BCUT2D eigenvalue weighted by molar-refractivity contribution is 6.02. The maximum atomic E-state index is 6.80. The molecular formula is C37H37N2O+. The molecule has 3 heteroatoms. The first-order valence-electron chi connectivity index (χ1n) is 14.6. The first kappa shape index (κ1) is 25.2. The largest absolute Gasteiger partial charge is 0.363 e. The molecule has 3 fully saturated rings. The first-order chi connectivity index (χ1) is 19.7. The number of para-hydroxylation sites is 1. The van der Waals surface area contributed by atoms with Gasteiger partial charge in [-0.1, -0.05) is 78.9 Å². The van der Waals surface area contributed by atoms with E-state index in [1.165, 1.54) is 44.5 Å². The van der Waals surface area contributed by atoms with E-state index in [2.05, 4.69) is 109 Å². The van der Waals surface area contributed by atoms with E-state index in [1.807, 2.05) is 12.3 Å². The molecule has 4 heterocycles. The van der Waals surface area contributed by atoms with E-state index in [0.29, 0.717) is 24.5 Å². The molecule has 0 N–H and O–H groups in total. The van der Waals surface area contributed by atoms with E-state index in [0.717, 1.165) is 36.1 Å². The molecule has 200 valence electrons. The molecule has 4 aromatic carbocycles. The molecule has 0 aliphatic carbocycles. The number of hydrogen-bond donors (Lipinski definition) is 0. The predicted molar refractivity (Wildman–Crippen MR) is 166 cm³/mol. The number of hydrogen-bond acceptors (Lipinski definition) is 2. The van der Waals surface area contributed by atoms with Crippen LogP contribution in [0.3, 0.4) is 0 Å². The van der Waals surface area contributed by atoms with Gasteiger partial charge in [0.2, 0.25) is 0 Å². The third-order valence-electron chi connectivity index (χ3n) is 9.76. The van der Waals surface area contributed by atoms with Gasteiger partial charge in [0, 0.05) is 35.9 Å². The fraction of sp³-hybridized carbons (Fsp3) is 0.270. The van der Waals surface area contributed by atoms with E-state index in [9.17, 15) is 0 Å². The molecule has 2 bridgehead atoms. The molecule has 2 unspecified atom stereocenters. The number of fused-ring (bicyclic) bond motifs is 6. The number of ether oxygens (including phenoxy) is 1. The average molecular weight is 526 g/mol. The lowest BCUT2D eigenvalue weighted by atomic mass is 9.70. The molecule has 5 atom stereocenters. The SMILES string of the molecule is C=CCO[C@@H](c1ccnc2ccccc12)[C@H]1CC2CC[N+]1(Cc1c3ccccc3cc3ccccc13)C[C@@H]2C=C. The highest BCUT2D eigenvalue weighted by Crippen LogP contribution is 2.50. The van der Waals surface area contributed by atoms with Crippen LogP contribution in [0.25, 0.3) is 32.4 Å². The van der Waals surface area contributed by atoms with Crippen molar-refractivity contribution in [1.82, 2.24) is 4.98 Å². The van der Waals surface area contributed by atoms with E-state index in [-0.39, 0.29) is 6.10 Å². The minimum Gasteiger partial charge on any atom is -0.363 e. The number of rotatable bonds is 8. The van der Waals surface area contributed by atoms with Crippen LogP contribution in [-0.4, -0.2) is 35.2 Å². The van der Waals surface area contributed by atoms with Crippen molar-refractivity contribution < 1.29 is 9.22 Å². The zero-order chi connectivity index (χ0) is 27.1. The molecule has 8 rings (SSSR count). The molecule has 3 nitrogen and oxygen atoms in total. The van der Waals surface area contributed by atoms with Gasteiger partial charge in [-0.25, -0.2) is 0 Å². The Labute approximate surface area is 237 Å². The van der Waals surface area contributed by atoms with Crippen LogP contribution in [0.5, 0.6) is 0 Å². The summed E-state index contributed by atoms with van der Waals surface area (Å²) in [5, 5.41) is 6.56. The van der Waals surface area contributed by atoms with Crippen LogP contribution in [0, 0.1) is 11.8 Å². The quantitative estimate of drug-likeness (QED) is 0.115. The van der Waals surface area contributed by atoms with E-state index < -0.39 is 0 Å². The average Bonchev–Trinajstić information content (AvgIpc) is 3.01. The summed E-state index contributed by atoms with van der Waals surface area (Å²) in [4.78, 5) is 4.68. The van der Waals surface area contributed by atoms with Gasteiger partial charge in [-0.05, 0) is 51.2 Å². The summed E-state index contributed by atoms with van der Waals surface area (Å²) < 4.78 is 7.81. The topological polar surface area (TPSA) is 22.1 Å². The minimum atomic E-state index is -0.0410. The predicted octanol–water partition coefficient (Wildman–Crippen LogP) is 8.40.